The lowest BCUT2D eigenvalue weighted by molar-refractivity contribution is 0.0525. The Morgan fingerprint density at radius 2 is 2.62 bits per heavy atom. The molecule has 1 radical (unpaired) electrons. The molecule has 0 atom stereocenters. The number of nitrogens with zero attached hydrogens (tertiary/aromatic N) is 1. The lowest BCUT2D eigenvalue weighted by atomic mass is 10.7. The van der Waals surface area contributed by atoms with Gasteiger partial charge in [0.1, 0.15) is 0 Å². The van der Waals surface area contributed by atoms with Crippen LogP contribution in [0, 0.1) is 0 Å². The molecule has 0 aromatic heterocycles. The maximum Gasteiger partial charge on any atom is 0.454 e. The van der Waals surface area contributed by atoms with Gasteiger partial charge < -0.3 is 5.11 Å². The quantitative estimate of drug-likeness (QED) is 0.329. The van der Waals surface area contributed by atoms with Crippen molar-refractivity contribution in [1.29, 1.82) is 0 Å². The third-order valence-electron chi connectivity index (χ3n) is 0.335. The van der Waals surface area contributed by atoms with Crippen LogP contribution in [0.25, 0.3) is 0 Å². The minimum atomic E-state index is -1.33. The number of carboxylic acid groups (broad SMARTS) is 1. The molecular formula is C4H6NO3. The molecule has 0 aliphatic rings. The summed E-state index contributed by atoms with van der Waals surface area (Å²) in [5.41, 5.74) is 2.66. The molecule has 45 valence electrons. The van der Waals surface area contributed by atoms with E-state index in [2.05, 4.69) is 16.9 Å². The lowest BCUT2D eigenvalue weighted by Crippen LogP contribution is -2.12. The zero-order chi connectivity index (χ0) is 6.41. The van der Waals surface area contributed by atoms with E-state index in [0.717, 1.165) is 0 Å². The second-order valence-electron chi connectivity index (χ2n) is 0.958. The van der Waals surface area contributed by atoms with Crippen molar-refractivity contribution in [1.82, 2.24) is 5.48 Å². The molecule has 0 aromatic rings. The second kappa shape index (κ2) is 4.14. The van der Waals surface area contributed by atoms with Crippen LogP contribution in [0.2, 0.25) is 0 Å². The number of carbonyl (C=O) groups is 1. The van der Waals surface area contributed by atoms with Gasteiger partial charge in [0.15, 0.2) is 0 Å². The zero-order valence-electron chi connectivity index (χ0n) is 4.20. The second-order valence-corrected chi connectivity index (χ2v) is 0.958. The molecule has 0 rings (SSSR count). The molecule has 0 saturated heterocycles. The smallest absolute Gasteiger partial charge is 0.454 e. The Bertz CT molecular complexity index is 91.3. The van der Waals surface area contributed by atoms with Crippen LogP contribution in [0.15, 0.2) is 12.7 Å². The molecule has 1 amide bonds. The van der Waals surface area contributed by atoms with E-state index in [1.54, 1.807) is 0 Å². The molecule has 4 nitrogen and oxygen atoms in total. The van der Waals surface area contributed by atoms with Crippen LogP contribution in [0.4, 0.5) is 4.79 Å². The first-order chi connectivity index (χ1) is 3.77. The van der Waals surface area contributed by atoms with Crippen molar-refractivity contribution in [2.45, 2.75) is 0 Å². The fourth-order valence-electron chi connectivity index (χ4n) is 0.145. The van der Waals surface area contributed by atoms with Gasteiger partial charge in [-0.3, -0.25) is 0 Å². The van der Waals surface area contributed by atoms with E-state index in [-0.39, 0.29) is 6.61 Å². The topological polar surface area (TPSA) is 60.6 Å². The van der Waals surface area contributed by atoms with Crippen LogP contribution in [0.1, 0.15) is 0 Å². The molecule has 4 heteroatoms. The summed E-state index contributed by atoms with van der Waals surface area (Å²) in [5, 5.41) is 7.81. The predicted molar refractivity (Wildman–Crippen MR) is 26.3 cm³/mol. The molecular weight excluding hydrogens is 110 g/mol. The van der Waals surface area contributed by atoms with Gasteiger partial charge in [-0.25, -0.2) is 9.63 Å². The van der Waals surface area contributed by atoms with E-state index in [1.807, 2.05) is 0 Å². The summed E-state index contributed by atoms with van der Waals surface area (Å²) >= 11 is 0. The maximum atomic E-state index is 9.55. The van der Waals surface area contributed by atoms with Gasteiger partial charge in [-0.1, -0.05) is 11.6 Å². The summed E-state index contributed by atoms with van der Waals surface area (Å²) in [6.07, 6.45) is 0.0822. The van der Waals surface area contributed by atoms with E-state index in [9.17, 15) is 4.79 Å². The van der Waals surface area contributed by atoms with Crippen molar-refractivity contribution in [3.63, 3.8) is 0 Å². The number of hydroxylamine groups is 1. The Kier molecular flexibility index (Phi) is 3.60. The van der Waals surface area contributed by atoms with E-state index in [1.165, 1.54) is 6.08 Å². The van der Waals surface area contributed by atoms with Gasteiger partial charge in [-0.2, -0.15) is 0 Å². The van der Waals surface area contributed by atoms with Crippen LogP contribution < -0.4 is 5.48 Å². The van der Waals surface area contributed by atoms with Crippen molar-refractivity contribution < 1.29 is 14.7 Å². The standard InChI is InChI=1S/C4H6NO3/c1-2-3-8-5-4(6)7/h2H,1,3H2,(H,6,7). The molecule has 0 aromatic carbocycles. The molecule has 8 heavy (non-hydrogen) atoms. The minimum absolute atomic E-state index is 0.131. The summed E-state index contributed by atoms with van der Waals surface area (Å²) in [6, 6.07) is 0. The fraction of sp³-hybridized carbons (Fsp3) is 0.250. The summed E-state index contributed by atoms with van der Waals surface area (Å²) < 4.78 is 0. The van der Waals surface area contributed by atoms with Crippen molar-refractivity contribution >= 4 is 6.09 Å². The van der Waals surface area contributed by atoms with Crippen LogP contribution in [0.5, 0.6) is 0 Å². The zero-order valence-corrected chi connectivity index (χ0v) is 4.20. The summed E-state index contributed by atoms with van der Waals surface area (Å²) in [7, 11) is 0. The molecule has 0 heterocycles. The first-order valence-electron chi connectivity index (χ1n) is 1.94. The highest BCUT2D eigenvalue weighted by Gasteiger charge is 1.92. The highest BCUT2D eigenvalue weighted by Crippen LogP contribution is 1.69. The molecule has 0 bridgehead atoms. The summed E-state index contributed by atoms with van der Waals surface area (Å²) in [6.45, 7) is 3.41. The largest absolute Gasteiger partial charge is 0.462 e. The Hall–Kier alpha value is -1.03. The highest BCUT2D eigenvalue weighted by molar-refractivity contribution is 5.62. The fourth-order valence-corrected chi connectivity index (χ4v) is 0.145. The van der Waals surface area contributed by atoms with Crippen LogP contribution >= 0.6 is 0 Å². The van der Waals surface area contributed by atoms with Crippen LogP contribution in [0.3, 0.4) is 0 Å². The van der Waals surface area contributed by atoms with Gasteiger partial charge in [-0.05, 0) is 0 Å². The van der Waals surface area contributed by atoms with Gasteiger partial charge in [0.2, 0.25) is 0 Å². The number of amides is 1. The number of rotatable bonds is 3. The molecule has 0 aliphatic carbocycles. The lowest BCUT2D eigenvalue weighted by Gasteiger charge is -1.89. The van der Waals surface area contributed by atoms with Crippen molar-refractivity contribution in [3.05, 3.63) is 12.7 Å². The number of hydrogen-bond donors (Lipinski definition) is 1. The molecule has 0 unspecified atom stereocenters. The van der Waals surface area contributed by atoms with Crippen molar-refractivity contribution in [3.8, 4) is 0 Å². The predicted octanol–water partition coefficient (Wildman–Crippen LogP) is 0.386. The summed E-state index contributed by atoms with van der Waals surface area (Å²) in [4.78, 5) is 13.7. The van der Waals surface area contributed by atoms with E-state index in [4.69, 9.17) is 5.11 Å². The maximum absolute atomic E-state index is 9.55. The monoisotopic (exact) mass is 116 g/mol. The number of hydrogen-bond acceptors (Lipinski definition) is 2. The highest BCUT2D eigenvalue weighted by atomic mass is 16.7. The van der Waals surface area contributed by atoms with Crippen LogP contribution in [-0.2, 0) is 4.84 Å². The van der Waals surface area contributed by atoms with Gasteiger partial charge in [-0.15, -0.1) is 6.58 Å². The Morgan fingerprint density at radius 1 is 2.00 bits per heavy atom. The third-order valence-corrected chi connectivity index (χ3v) is 0.335. The van der Waals surface area contributed by atoms with Crippen molar-refractivity contribution in [2.24, 2.45) is 0 Å². The molecule has 0 spiro atoms. The van der Waals surface area contributed by atoms with Crippen molar-refractivity contribution in [2.75, 3.05) is 6.61 Å². The molecule has 0 aliphatic heterocycles. The van der Waals surface area contributed by atoms with Gasteiger partial charge in [0.25, 0.3) is 0 Å². The van der Waals surface area contributed by atoms with E-state index >= 15 is 0 Å². The Morgan fingerprint density at radius 3 is 3.00 bits per heavy atom. The minimum Gasteiger partial charge on any atom is -0.462 e. The van der Waals surface area contributed by atoms with E-state index in [0.29, 0.717) is 0 Å². The normalized spacial score (nSPS) is 8.00. The van der Waals surface area contributed by atoms with Gasteiger partial charge in [0.05, 0.1) is 6.61 Å². The van der Waals surface area contributed by atoms with Gasteiger partial charge in [0, 0.05) is 0 Å². The summed E-state index contributed by atoms with van der Waals surface area (Å²) in [5.74, 6) is 0. The molecule has 1 N–H and O–H groups in total. The first kappa shape index (κ1) is 6.97. The SMILES string of the molecule is C=CCO[N]C(=O)O. The average Bonchev–Trinajstić information content (AvgIpc) is 1.66. The average molecular weight is 116 g/mol. The molecule has 0 fully saturated rings. The van der Waals surface area contributed by atoms with Gasteiger partial charge >= 0.3 is 6.09 Å². The Labute approximate surface area is 46.7 Å². The third kappa shape index (κ3) is 4.97. The molecule has 0 saturated carbocycles. The first-order valence-corrected chi connectivity index (χ1v) is 1.94. The van der Waals surface area contributed by atoms with Crippen LogP contribution in [-0.4, -0.2) is 17.8 Å². The Balaban J connectivity index is 2.93. The van der Waals surface area contributed by atoms with E-state index < -0.39 is 6.09 Å².